The molecule has 1 saturated carbocycles. The van der Waals surface area contributed by atoms with Crippen LogP contribution in [0.5, 0.6) is 0 Å². The predicted molar refractivity (Wildman–Crippen MR) is 105 cm³/mol. The monoisotopic (exact) mass is 364 g/mol. The van der Waals surface area contributed by atoms with Crippen LogP contribution in [0, 0.1) is 0 Å². The number of rotatable bonds is 3. The summed E-state index contributed by atoms with van der Waals surface area (Å²) in [5.41, 5.74) is 9.97. The fourth-order valence-electron chi connectivity index (χ4n) is 4.37. The van der Waals surface area contributed by atoms with Gasteiger partial charge in [0.15, 0.2) is 17.0 Å². The van der Waals surface area contributed by atoms with Gasteiger partial charge in [-0.15, -0.1) is 0 Å². The van der Waals surface area contributed by atoms with E-state index in [-0.39, 0.29) is 6.04 Å². The average molecular weight is 364 g/mol. The summed E-state index contributed by atoms with van der Waals surface area (Å²) >= 11 is 0. The maximum Gasteiger partial charge on any atom is 0.183 e. The summed E-state index contributed by atoms with van der Waals surface area (Å²) in [5.74, 6) is 1.65. The number of aromatic nitrogens is 5. The van der Waals surface area contributed by atoms with E-state index in [0.29, 0.717) is 11.7 Å². The average Bonchev–Trinajstić information content (AvgIpc) is 3.32. The zero-order chi connectivity index (χ0) is 18.4. The number of pyridine rings is 1. The third-order valence-electron chi connectivity index (χ3n) is 5.84. The molecule has 1 aliphatic carbocycles. The van der Waals surface area contributed by atoms with Crippen LogP contribution in [-0.2, 0) is 6.42 Å². The van der Waals surface area contributed by atoms with E-state index in [2.05, 4.69) is 38.1 Å². The molecule has 0 radical (unpaired) electrons. The number of hydrogen-bond donors (Lipinski definition) is 2. The Kier molecular flexibility index (Phi) is 3.93. The van der Waals surface area contributed by atoms with Gasteiger partial charge >= 0.3 is 0 Å². The summed E-state index contributed by atoms with van der Waals surface area (Å²) in [6.45, 7) is 0.902. The summed E-state index contributed by atoms with van der Waals surface area (Å²) in [6, 6.07) is 4.58. The number of anilines is 3. The number of fused-ring (bicyclic) bond motifs is 2. The molecule has 1 aliphatic heterocycles. The number of nitrogens with two attached hydrogens (primary N) is 1. The zero-order valence-electron chi connectivity index (χ0n) is 15.5. The van der Waals surface area contributed by atoms with Gasteiger partial charge in [0.25, 0.3) is 0 Å². The van der Waals surface area contributed by atoms with Crippen molar-refractivity contribution in [3.63, 3.8) is 0 Å². The highest BCUT2D eigenvalue weighted by Crippen LogP contribution is 2.34. The summed E-state index contributed by atoms with van der Waals surface area (Å²) in [4.78, 5) is 18.3. The van der Waals surface area contributed by atoms with E-state index in [4.69, 9.17) is 15.7 Å². The maximum atomic E-state index is 6.25. The van der Waals surface area contributed by atoms with Crippen LogP contribution in [0.2, 0.25) is 0 Å². The maximum absolute atomic E-state index is 6.25. The molecule has 2 atom stereocenters. The Hall–Kier alpha value is -2.74. The van der Waals surface area contributed by atoms with Crippen molar-refractivity contribution in [3.05, 3.63) is 30.2 Å². The normalized spacial score (nSPS) is 22.2. The van der Waals surface area contributed by atoms with Gasteiger partial charge in [0, 0.05) is 31.9 Å². The van der Waals surface area contributed by atoms with Gasteiger partial charge in [0.1, 0.15) is 5.82 Å². The second kappa shape index (κ2) is 6.45. The molecule has 0 aromatic carbocycles. The van der Waals surface area contributed by atoms with Crippen LogP contribution >= 0.6 is 0 Å². The third-order valence-corrected chi connectivity index (χ3v) is 5.84. The number of aromatic amines is 1. The molecule has 0 saturated heterocycles. The summed E-state index contributed by atoms with van der Waals surface area (Å²) < 4.78 is 0. The molecular weight excluding hydrogens is 340 g/mol. The number of aryl methyl sites for hydroxylation is 1. The van der Waals surface area contributed by atoms with Crippen LogP contribution in [0.25, 0.3) is 11.2 Å². The van der Waals surface area contributed by atoms with Crippen molar-refractivity contribution in [2.45, 2.75) is 44.2 Å². The van der Waals surface area contributed by atoms with Gasteiger partial charge in [-0.05, 0) is 44.2 Å². The van der Waals surface area contributed by atoms with Gasteiger partial charge < -0.3 is 15.5 Å². The molecule has 140 valence electrons. The molecular formula is C19H24N8. The molecule has 27 heavy (non-hydrogen) atoms. The summed E-state index contributed by atoms with van der Waals surface area (Å²) in [7, 11) is 2.05. The molecule has 0 amide bonds. The molecule has 2 aliphatic rings. The van der Waals surface area contributed by atoms with E-state index in [1.807, 2.05) is 18.5 Å². The lowest BCUT2D eigenvalue weighted by molar-refractivity contribution is 0.568. The Morgan fingerprint density at radius 3 is 3.04 bits per heavy atom. The van der Waals surface area contributed by atoms with Crippen LogP contribution in [0.3, 0.4) is 0 Å². The Bertz CT molecular complexity index is 967. The Morgan fingerprint density at radius 1 is 1.26 bits per heavy atom. The van der Waals surface area contributed by atoms with Crippen LogP contribution in [0.15, 0.2) is 24.5 Å². The van der Waals surface area contributed by atoms with Gasteiger partial charge in [0.05, 0.1) is 17.6 Å². The van der Waals surface area contributed by atoms with Crippen molar-refractivity contribution in [2.75, 3.05) is 23.4 Å². The van der Waals surface area contributed by atoms with Crippen molar-refractivity contribution < 1.29 is 0 Å². The second-order valence-corrected chi connectivity index (χ2v) is 7.47. The minimum absolute atomic E-state index is 0.196. The van der Waals surface area contributed by atoms with Gasteiger partial charge in [-0.3, -0.25) is 10.1 Å². The number of H-pyrrole nitrogens is 1. The van der Waals surface area contributed by atoms with Crippen molar-refractivity contribution >= 4 is 28.5 Å². The molecule has 3 N–H and O–H groups in total. The Labute approximate surface area is 157 Å². The first kappa shape index (κ1) is 16.4. The summed E-state index contributed by atoms with van der Waals surface area (Å²) in [5, 5.41) is 7.61. The topological polar surface area (TPSA) is 99.9 Å². The highest BCUT2D eigenvalue weighted by Gasteiger charge is 2.29. The molecule has 8 heteroatoms. The van der Waals surface area contributed by atoms with Gasteiger partial charge in [0.2, 0.25) is 0 Å². The van der Waals surface area contributed by atoms with Crippen LogP contribution in [0.4, 0.5) is 17.3 Å². The minimum Gasteiger partial charge on any atom is -0.354 e. The van der Waals surface area contributed by atoms with E-state index < -0.39 is 0 Å². The van der Waals surface area contributed by atoms with E-state index in [1.165, 1.54) is 6.42 Å². The van der Waals surface area contributed by atoms with E-state index in [1.54, 1.807) is 0 Å². The molecule has 0 spiro atoms. The Morgan fingerprint density at radius 2 is 2.19 bits per heavy atom. The number of likely N-dealkylation sites (N-methyl/N-ethyl adjacent to an activating group) is 1. The molecule has 5 rings (SSSR count). The number of nitrogens with zero attached hydrogens (tertiary/aromatic N) is 6. The lowest BCUT2D eigenvalue weighted by atomic mass is 10.1. The van der Waals surface area contributed by atoms with Crippen molar-refractivity contribution in [1.29, 1.82) is 0 Å². The third kappa shape index (κ3) is 2.71. The van der Waals surface area contributed by atoms with Crippen LogP contribution in [0.1, 0.15) is 31.4 Å². The van der Waals surface area contributed by atoms with Crippen molar-refractivity contribution in [2.24, 2.45) is 5.73 Å². The standard InChI is InChI=1S/C19H24N8/c1-26(14-7-2-5-12(14)20)16-11-22-17-18(23-16)24-25-19(17)27-10-4-6-13-15(27)8-3-9-21-13/h3,8-9,11-12,14H,2,4-7,10,20H2,1H3,(H,23,24,25)/t12-,14+/m0/s1. The molecule has 4 heterocycles. The van der Waals surface area contributed by atoms with Crippen LogP contribution in [-0.4, -0.2) is 50.8 Å². The zero-order valence-corrected chi connectivity index (χ0v) is 15.5. The molecule has 3 aromatic rings. The first-order chi connectivity index (χ1) is 13.2. The SMILES string of the molecule is CN(c1cnc2c(N3CCCc4ncccc43)n[nH]c2n1)[C@@H]1CCC[C@@H]1N. The molecule has 0 bridgehead atoms. The highest BCUT2D eigenvalue weighted by atomic mass is 15.3. The first-order valence-electron chi connectivity index (χ1n) is 9.63. The fourth-order valence-corrected chi connectivity index (χ4v) is 4.37. The Balaban J connectivity index is 1.50. The lowest BCUT2D eigenvalue weighted by Crippen LogP contribution is -2.42. The van der Waals surface area contributed by atoms with Crippen LogP contribution < -0.4 is 15.5 Å². The van der Waals surface area contributed by atoms with E-state index in [0.717, 1.165) is 60.8 Å². The van der Waals surface area contributed by atoms with Gasteiger partial charge in [-0.25, -0.2) is 9.97 Å². The molecule has 0 unspecified atom stereocenters. The fraction of sp³-hybridized carbons (Fsp3) is 0.474. The van der Waals surface area contributed by atoms with Gasteiger partial charge in [-0.2, -0.15) is 5.10 Å². The lowest BCUT2D eigenvalue weighted by Gasteiger charge is -2.29. The predicted octanol–water partition coefficient (Wildman–Crippen LogP) is 2.15. The highest BCUT2D eigenvalue weighted by molar-refractivity contribution is 5.87. The quantitative estimate of drug-likeness (QED) is 0.734. The molecule has 3 aromatic heterocycles. The van der Waals surface area contributed by atoms with Crippen molar-refractivity contribution in [3.8, 4) is 0 Å². The molecule has 1 fully saturated rings. The minimum atomic E-state index is 0.196. The first-order valence-corrected chi connectivity index (χ1v) is 9.63. The second-order valence-electron chi connectivity index (χ2n) is 7.47. The van der Waals surface area contributed by atoms with Gasteiger partial charge in [-0.1, -0.05) is 0 Å². The van der Waals surface area contributed by atoms with E-state index >= 15 is 0 Å². The largest absolute Gasteiger partial charge is 0.354 e. The number of nitrogens with one attached hydrogen (secondary N) is 1. The summed E-state index contributed by atoms with van der Waals surface area (Å²) in [6.07, 6.45) is 9.07. The molecule has 8 nitrogen and oxygen atoms in total. The smallest absolute Gasteiger partial charge is 0.183 e. The van der Waals surface area contributed by atoms with Crippen molar-refractivity contribution in [1.82, 2.24) is 25.1 Å². The number of hydrogen-bond acceptors (Lipinski definition) is 7. The van der Waals surface area contributed by atoms with E-state index in [9.17, 15) is 0 Å².